The van der Waals surface area contributed by atoms with Crippen LogP contribution in [0.4, 0.5) is 0 Å². The Bertz CT molecular complexity index is 916. The number of carbonyl (C=O) groups excluding carboxylic acids is 2. The fourth-order valence-corrected chi connectivity index (χ4v) is 4.14. The lowest BCUT2D eigenvalue weighted by Gasteiger charge is -2.32. The molecule has 1 N–H and O–H groups in total. The molecule has 168 valence electrons. The summed E-state index contributed by atoms with van der Waals surface area (Å²) in [6, 6.07) is 9.45. The van der Waals surface area contributed by atoms with Gasteiger partial charge in [-0.15, -0.1) is 0 Å². The first-order valence-corrected chi connectivity index (χ1v) is 11.7. The summed E-state index contributed by atoms with van der Waals surface area (Å²) in [5, 5.41) is 4.73. The Morgan fingerprint density at radius 3 is 2.16 bits per heavy atom. The van der Waals surface area contributed by atoms with Gasteiger partial charge in [0.05, 0.1) is 6.42 Å². The van der Waals surface area contributed by atoms with Crippen molar-refractivity contribution in [2.24, 2.45) is 0 Å². The molecule has 0 aromatic heterocycles. The van der Waals surface area contributed by atoms with E-state index in [9.17, 15) is 9.59 Å². The fraction of sp³-hybridized carbons (Fsp3) is 0.391. The second-order valence-corrected chi connectivity index (χ2v) is 9.03. The number of carbonyl (C=O) groups is 2. The minimum Gasteiger partial charge on any atom is -0.352 e. The Balaban J connectivity index is 2.40. The van der Waals surface area contributed by atoms with Crippen LogP contribution in [0, 0.1) is 0 Å². The maximum atomic E-state index is 13.4. The van der Waals surface area contributed by atoms with E-state index in [1.807, 2.05) is 20.8 Å². The van der Waals surface area contributed by atoms with Gasteiger partial charge in [-0.05, 0) is 49.6 Å². The summed E-state index contributed by atoms with van der Waals surface area (Å²) < 4.78 is 0. The Hall–Kier alpha value is -1.46. The van der Waals surface area contributed by atoms with Crippen LogP contribution in [0.3, 0.4) is 0 Å². The highest BCUT2D eigenvalue weighted by Gasteiger charge is 2.30. The summed E-state index contributed by atoms with van der Waals surface area (Å²) in [6.07, 6.45) is 1.24. The molecule has 4 nitrogen and oxygen atoms in total. The molecular weight excluding hydrogens is 478 g/mol. The molecule has 0 aliphatic heterocycles. The maximum absolute atomic E-state index is 13.4. The normalized spacial score (nSPS) is 12.9. The molecule has 2 unspecified atom stereocenters. The maximum Gasteiger partial charge on any atom is 0.243 e. The third-order valence-electron chi connectivity index (χ3n) is 5.13. The number of benzene rings is 2. The highest BCUT2D eigenvalue weighted by atomic mass is 35.5. The fourth-order valence-electron chi connectivity index (χ4n) is 3.14. The second-order valence-electron chi connectivity index (χ2n) is 7.38. The zero-order chi connectivity index (χ0) is 23.1. The summed E-state index contributed by atoms with van der Waals surface area (Å²) in [6.45, 7) is 5.88. The molecule has 0 saturated carbocycles. The highest BCUT2D eigenvalue weighted by molar-refractivity contribution is 6.36. The number of nitrogens with one attached hydrogen (secondary N) is 1. The van der Waals surface area contributed by atoms with Crippen LogP contribution in [0.5, 0.6) is 0 Å². The van der Waals surface area contributed by atoms with Crippen LogP contribution >= 0.6 is 46.4 Å². The van der Waals surface area contributed by atoms with Crippen LogP contribution in [0.1, 0.15) is 44.7 Å². The molecule has 0 fully saturated rings. The first-order valence-electron chi connectivity index (χ1n) is 10.1. The zero-order valence-corrected chi connectivity index (χ0v) is 20.7. The topological polar surface area (TPSA) is 49.4 Å². The minimum absolute atomic E-state index is 0.00638. The molecule has 0 aliphatic carbocycles. The summed E-state index contributed by atoms with van der Waals surface area (Å²) in [7, 11) is 0. The molecule has 2 amide bonds. The molecule has 8 heteroatoms. The molecule has 2 atom stereocenters. The van der Waals surface area contributed by atoms with Gasteiger partial charge < -0.3 is 10.2 Å². The molecule has 0 saturated heterocycles. The molecule has 0 spiro atoms. The van der Waals surface area contributed by atoms with E-state index >= 15 is 0 Å². The molecular formula is C23H26Cl4N2O2. The van der Waals surface area contributed by atoms with Crippen molar-refractivity contribution in [1.29, 1.82) is 0 Å². The lowest BCUT2D eigenvalue weighted by atomic mass is 10.1. The molecule has 2 aromatic rings. The van der Waals surface area contributed by atoms with E-state index in [0.717, 1.165) is 6.42 Å². The van der Waals surface area contributed by atoms with Gasteiger partial charge in [-0.2, -0.15) is 0 Å². The molecule has 0 bridgehead atoms. The van der Waals surface area contributed by atoms with Crippen LogP contribution in [0.25, 0.3) is 0 Å². The van der Waals surface area contributed by atoms with Gasteiger partial charge in [-0.25, -0.2) is 0 Å². The summed E-state index contributed by atoms with van der Waals surface area (Å²) >= 11 is 25.0. The van der Waals surface area contributed by atoms with Gasteiger partial charge in [0.25, 0.3) is 0 Å². The smallest absolute Gasteiger partial charge is 0.243 e. The van der Waals surface area contributed by atoms with Gasteiger partial charge in [0.1, 0.15) is 6.04 Å². The third kappa shape index (κ3) is 7.01. The van der Waals surface area contributed by atoms with Crippen molar-refractivity contribution >= 4 is 58.2 Å². The second kappa shape index (κ2) is 12.0. The first-order chi connectivity index (χ1) is 14.7. The van der Waals surface area contributed by atoms with E-state index < -0.39 is 6.04 Å². The van der Waals surface area contributed by atoms with Crippen LogP contribution in [-0.4, -0.2) is 28.8 Å². The molecule has 2 rings (SSSR count). The lowest BCUT2D eigenvalue weighted by molar-refractivity contribution is -0.141. The SMILES string of the molecule is CCC(C)NC(=O)C(CC)N(Cc1c(Cl)cccc1Cl)C(=O)Cc1ccc(Cl)cc1Cl. The van der Waals surface area contributed by atoms with Crippen LogP contribution < -0.4 is 5.32 Å². The van der Waals surface area contributed by atoms with E-state index in [1.165, 1.54) is 4.90 Å². The summed E-state index contributed by atoms with van der Waals surface area (Å²) in [4.78, 5) is 27.9. The molecule has 0 heterocycles. The van der Waals surface area contributed by atoms with E-state index in [0.29, 0.717) is 37.6 Å². The van der Waals surface area contributed by atoms with Gasteiger partial charge in [0, 0.05) is 38.2 Å². The Morgan fingerprint density at radius 2 is 1.61 bits per heavy atom. The highest BCUT2D eigenvalue weighted by Crippen LogP contribution is 2.28. The molecule has 2 aromatic carbocycles. The zero-order valence-electron chi connectivity index (χ0n) is 17.7. The largest absolute Gasteiger partial charge is 0.352 e. The van der Waals surface area contributed by atoms with Crippen molar-refractivity contribution in [2.75, 3.05) is 0 Å². The Labute approximate surface area is 203 Å². The summed E-state index contributed by atoms with van der Waals surface area (Å²) in [5.41, 5.74) is 1.22. The van der Waals surface area contributed by atoms with Crippen molar-refractivity contribution in [3.8, 4) is 0 Å². The predicted molar refractivity (Wildman–Crippen MR) is 129 cm³/mol. The number of rotatable bonds is 9. The van der Waals surface area contributed by atoms with Gasteiger partial charge in [-0.3, -0.25) is 9.59 Å². The molecule has 0 radical (unpaired) electrons. The Kier molecular flexibility index (Phi) is 9.95. The average Bonchev–Trinajstić information content (AvgIpc) is 2.71. The molecule has 0 aliphatic rings. The van der Waals surface area contributed by atoms with Gasteiger partial charge in [0.2, 0.25) is 11.8 Å². The van der Waals surface area contributed by atoms with Crippen molar-refractivity contribution in [2.45, 2.75) is 58.7 Å². The van der Waals surface area contributed by atoms with Crippen molar-refractivity contribution in [3.05, 3.63) is 67.6 Å². The van der Waals surface area contributed by atoms with Crippen LogP contribution in [0.15, 0.2) is 36.4 Å². The number of halogens is 4. The number of hydrogen-bond acceptors (Lipinski definition) is 2. The standard InChI is InChI=1S/C23H26Cl4N2O2/c1-4-14(3)28-23(31)21(5-2)29(13-17-18(25)7-6-8-19(17)26)22(30)11-15-9-10-16(24)12-20(15)27/h6-10,12,14,21H,4-5,11,13H2,1-3H3,(H,28,31). The number of hydrogen-bond donors (Lipinski definition) is 1. The van der Waals surface area contributed by atoms with Crippen LogP contribution in [-0.2, 0) is 22.6 Å². The minimum atomic E-state index is -0.681. The number of nitrogens with zero attached hydrogens (tertiary/aromatic N) is 1. The van der Waals surface area contributed by atoms with Gasteiger partial charge >= 0.3 is 0 Å². The average molecular weight is 504 g/mol. The monoisotopic (exact) mass is 502 g/mol. The van der Waals surface area contributed by atoms with Crippen LogP contribution in [0.2, 0.25) is 20.1 Å². The number of amides is 2. The van der Waals surface area contributed by atoms with E-state index in [-0.39, 0.29) is 30.8 Å². The van der Waals surface area contributed by atoms with E-state index in [4.69, 9.17) is 46.4 Å². The van der Waals surface area contributed by atoms with Gasteiger partial charge in [0.15, 0.2) is 0 Å². The quantitative estimate of drug-likeness (QED) is 0.421. The predicted octanol–water partition coefficient (Wildman–Crippen LogP) is 6.56. The third-order valence-corrected chi connectivity index (χ3v) is 6.43. The first kappa shape index (κ1) is 25.8. The van der Waals surface area contributed by atoms with E-state index in [2.05, 4.69) is 5.32 Å². The van der Waals surface area contributed by atoms with Gasteiger partial charge in [-0.1, -0.05) is 72.4 Å². The lowest BCUT2D eigenvalue weighted by Crippen LogP contribution is -2.51. The van der Waals surface area contributed by atoms with E-state index in [1.54, 1.807) is 36.4 Å². The summed E-state index contributed by atoms with van der Waals surface area (Å²) in [5.74, 6) is -0.470. The van der Waals surface area contributed by atoms with Crippen molar-refractivity contribution in [1.82, 2.24) is 10.2 Å². The Morgan fingerprint density at radius 1 is 0.968 bits per heavy atom. The van der Waals surface area contributed by atoms with Crippen molar-refractivity contribution < 1.29 is 9.59 Å². The molecule has 31 heavy (non-hydrogen) atoms. The van der Waals surface area contributed by atoms with Crippen molar-refractivity contribution in [3.63, 3.8) is 0 Å².